The number of carbonyl (C=O) groups is 2. The number of hydrogen-bond acceptors (Lipinski definition) is 5. The van der Waals surface area contributed by atoms with Gasteiger partial charge in [0, 0.05) is 17.4 Å². The maximum absolute atomic E-state index is 10.9. The second-order valence-corrected chi connectivity index (χ2v) is 4.05. The Bertz CT molecular complexity index is 211. The third-order valence-electron chi connectivity index (χ3n) is 1.65. The molecule has 0 spiro atoms. The van der Waals surface area contributed by atoms with Crippen molar-refractivity contribution in [3.05, 3.63) is 0 Å². The molecule has 0 aromatic rings. The van der Waals surface area contributed by atoms with Gasteiger partial charge in [-0.15, -0.1) is 0 Å². The van der Waals surface area contributed by atoms with Gasteiger partial charge in [-0.25, -0.2) is 0 Å². The summed E-state index contributed by atoms with van der Waals surface area (Å²) in [6.45, 7) is 1.74. The number of rotatable bonds is 6. The van der Waals surface area contributed by atoms with Crippen LogP contribution in [0.5, 0.6) is 0 Å². The van der Waals surface area contributed by atoms with Crippen LogP contribution in [0.15, 0.2) is 0 Å². The third kappa shape index (κ3) is 5.08. The van der Waals surface area contributed by atoms with Crippen molar-refractivity contribution in [1.29, 1.82) is 0 Å². The van der Waals surface area contributed by atoms with Crippen LogP contribution in [-0.2, 0) is 14.3 Å². The predicted octanol–water partition coefficient (Wildman–Crippen LogP) is -0.659. The van der Waals surface area contributed by atoms with Gasteiger partial charge in [0.25, 0.3) is 0 Å². The molecule has 4 N–H and O–H groups in total. The molecule has 0 saturated carbocycles. The molecule has 2 unspecified atom stereocenters. The van der Waals surface area contributed by atoms with E-state index in [1.165, 1.54) is 18.9 Å². The normalized spacial score (nSPS) is 14.5. The maximum Gasteiger partial charge on any atom is 0.323 e. The minimum atomic E-state index is -0.634. The van der Waals surface area contributed by atoms with E-state index in [2.05, 4.69) is 4.74 Å². The molecule has 6 heteroatoms. The summed E-state index contributed by atoms with van der Waals surface area (Å²) < 4.78 is 4.45. The van der Waals surface area contributed by atoms with Crippen molar-refractivity contribution in [2.45, 2.75) is 13.0 Å². The van der Waals surface area contributed by atoms with E-state index in [1.807, 2.05) is 0 Å². The zero-order valence-corrected chi connectivity index (χ0v) is 9.17. The second-order valence-electron chi connectivity index (χ2n) is 2.97. The molecule has 0 radical (unpaired) electrons. The lowest BCUT2D eigenvalue weighted by atomic mass is 10.2. The van der Waals surface area contributed by atoms with E-state index in [0.29, 0.717) is 11.5 Å². The van der Waals surface area contributed by atoms with Crippen LogP contribution in [0.3, 0.4) is 0 Å². The van der Waals surface area contributed by atoms with Crippen molar-refractivity contribution in [1.82, 2.24) is 0 Å². The smallest absolute Gasteiger partial charge is 0.323 e. The zero-order valence-electron chi connectivity index (χ0n) is 8.36. The van der Waals surface area contributed by atoms with E-state index >= 15 is 0 Å². The number of esters is 1. The molecule has 0 aromatic carbocycles. The summed E-state index contributed by atoms with van der Waals surface area (Å²) in [6.07, 6.45) is 0. The molecular weight excluding hydrogens is 204 g/mol. The molecule has 0 bridgehead atoms. The van der Waals surface area contributed by atoms with Gasteiger partial charge in [0.2, 0.25) is 5.91 Å². The van der Waals surface area contributed by atoms with Crippen molar-refractivity contribution in [2.24, 2.45) is 17.4 Å². The molecule has 0 heterocycles. The first-order valence-electron chi connectivity index (χ1n) is 4.19. The standard InChI is InChI=1S/C8H16N2O3S/c1-5(7(10)11)3-14-4-6(9)8(12)13-2/h5-6H,3-4,9H2,1-2H3,(H2,10,11). The quantitative estimate of drug-likeness (QED) is 0.579. The molecule has 5 nitrogen and oxygen atoms in total. The fraction of sp³-hybridized carbons (Fsp3) is 0.750. The van der Waals surface area contributed by atoms with Gasteiger partial charge in [-0.2, -0.15) is 11.8 Å². The zero-order chi connectivity index (χ0) is 11.1. The molecule has 14 heavy (non-hydrogen) atoms. The molecule has 0 saturated heterocycles. The summed E-state index contributed by atoms with van der Waals surface area (Å²) in [4.78, 5) is 21.5. The van der Waals surface area contributed by atoms with Gasteiger partial charge < -0.3 is 16.2 Å². The molecular formula is C8H16N2O3S. The Morgan fingerprint density at radius 1 is 1.43 bits per heavy atom. The SMILES string of the molecule is COC(=O)C(N)CSCC(C)C(N)=O. The first-order chi connectivity index (χ1) is 6.49. The van der Waals surface area contributed by atoms with Gasteiger partial charge in [-0.05, 0) is 0 Å². The Kier molecular flexibility index (Phi) is 6.31. The van der Waals surface area contributed by atoms with Crippen molar-refractivity contribution >= 4 is 23.6 Å². The third-order valence-corrected chi connectivity index (χ3v) is 2.99. The molecule has 0 rings (SSSR count). The number of hydrogen-bond donors (Lipinski definition) is 2. The van der Waals surface area contributed by atoms with E-state index in [4.69, 9.17) is 11.5 Å². The Hall–Kier alpha value is -0.750. The van der Waals surface area contributed by atoms with E-state index in [9.17, 15) is 9.59 Å². The largest absolute Gasteiger partial charge is 0.468 e. The first-order valence-corrected chi connectivity index (χ1v) is 5.35. The predicted molar refractivity (Wildman–Crippen MR) is 55.7 cm³/mol. The summed E-state index contributed by atoms with van der Waals surface area (Å²) in [5, 5.41) is 0. The summed E-state index contributed by atoms with van der Waals surface area (Å²) in [7, 11) is 1.29. The van der Waals surface area contributed by atoms with E-state index < -0.39 is 12.0 Å². The Labute approximate surface area is 87.5 Å². The maximum atomic E-state index is 10.9. The molecule has 82 valence electrons. The van der Waals surface area contributed by atoms with Gasteiger partial charge in [-0.3, -0.25) is 9.59 Å². The van der Waals surface area contributed by atoms with E-state index in [1.54, 1.807) is 6.92 Å². The van der Waals surface area contributed by atoms with Crippen LogP contribution >= 0.6 is 11.8 Å². The van der Waals surface area contributed by atoms with Crippen molar-refractivity contribution in [2.75, 3.05) is 18.6 Å². The number of ether oxygens (including phenoxy) is 1. The fourth-order valence-corrected chi connectivity index (χ4v) is 1.72. The number of amides is 1. The van der Waals surface area contributed by atoms with Gasteiger partial charge in [-0.1, -0.05) is 6.92 Å². The van der Waals surface area contributed by atoms with Crippen LogP contribution in [0, 0.1) is 5.92 Å². The Balaban J connectivity index is 3.64. The summed E-state index contributed by atoms with van der Waals surface area (Å²) in [6, 6.07) is -0.634. The van der Waals surface area contributed by atoms with Gasteiger partial charge in [0.15, 0.2) is 0 Å². The number of methoxy groups -OCH3 is 1. The molecule has 1 amide bonds. The summed E-state index contributed by atoms with van der Waals surface area (Å²) in [5.74, 6) is 0.0165. The second kappa shape index (κ2) is 6.67. The van der Waals surface area contributed by atoms with Gasteiger partial charge in [0.05, 0.1) is 7.11 Å². The van der Waals surface area contributed by atoms with Crippen LogP contribution in [0.25, 0.3) is 0 Å². The number of primary amides is 1. The van der Waals surface area contributed by atoms with E-state index in [-0.39, 0.29) is 11.8 Å². The highest BCUT2D eigenvalue weighted by Crippen LogP contribution is 2.09. The van der Waals surface area contributed by atoms with Gasteiger partial charge >= 0.3 is 5.97 Å². The monoisotopic (exact) mass is 220 g/mol. The van der Waals surface area contributed by atoms with Crippen LogP contribution < -0.4 is 11.5 Å². The van der Waals surface area contributed by atoms with Gasteiger partial charge in [0.1, 0.15) is 6.04 Å². The van der Waals surface area contributed by atoms with Crippen molar-refractivity contribution in [3.63, 3.8) is 0 Å². The van der Waals surface area contributed by atoms with Crippen molar-refractivity contribution in [3.8, 4) is 0 Å². The Morgan fingerprint density at radius 3 is 2.43 bits per heavy atom. The molecule has 0 aliphatic carbocycles. The summed E-state index contributed by atoms with van der Waals surface area (Å²) >= 11 is 1.41. The fourth-order valence-electron chi connectivity index (χ4n) is 0.673. The summed E-state index contributed by atoms with van der Waals surface area (Å²) in [5.41, 5.74) is 10.5. The molecule has 0 fully saturated rings. The van der Waals surface area contributed by atoms with E-state index in [0.717, 1.165) is 0 Å². The molecule has 0 aliphatic heterocycles. The minimum Gasteiger partial charge on any atom is -0.468 e. The lowest BCUT2D eigenvalue weighted by molar-refractivity contribution is -0.141. The number of thioether (sulfide) groups is 1. The first kappa shape index (κ1) is 13.2. The number of carbonyl (C=O) groups excluding carboxylic acids is 2. The lowest BCUT2D eigenvalue weighted by Gasteiger charge is -2.10. The minimum absolute atomic E-state index is 0.204. The van der Waals surface area contributed by atoms with Crippen LogP contribution in [-0.4, -0.2) is 36.5 Å². The van der Waals surface area contributed by atoms with Crippen molar-refractivity contribution < 1.29 is 14.3 Å². The Morgan fingerprint density at radius 2 is 2.00 bits per heavy atom. The molecule has 2 atom stereocenters. The number of nitrogens with two attached hydrogens (primary N) is 2. The van der Waals surface area contributed by atoms with Crippen LogP contribution in [0.1, 0.15) is 6.92 Å². The van der Waals surface area contributed by atoms with Crippen LogP contribution in [0.4, 0.5) is 0 Å². The lowest BCUT2D eigenvalue weighted by Crippen LogP contribution is -2.34. The average Bonchev–Trinajstić information content (AvgIpc) is 2.15. The highest BCUT2D eigenvalue weighted by molar-refractivity contribution is 7.99. The highest BCUT2D eigenvalue weighted by Gasteiger charge is 2.15. The molecule has 0 aliphatic rings. The average molecular weight is 220 g/mol. The topological polar surface area (TPSA) is 95.4 Å². The molecule has 0 aromatic heterocycles. The highest BCUT2D eigenvalue weighted by atomic mass is 32.2. The van der Waals surface area contributed by atoms with Crippen LogP contribution in [0.2, 0.25) is 0 Å².